The molecule has 27 heavy (non-hydrogen) atoms. The van der Waals surface area contributed by atoms with Crippen LogP contribution in [0.3, 0.4) is 0 Å². The van der Waals surface area contributed by atoms with Crippen LogP contribution in [-0.2, 0) is 0 Å². The van der Waals surface area contributed by atoms with Crippen LogP contribution in [0.25, 0.3) is 28.4 Å². The van der Waals surface area contributed by atoms with Crippen molar-refractivity contribution in [3.8, 4) is 17.0 Å². The molecule has 0 N–H and O–H groups in total. The number of thiazole rings is 1. The van der Waals surface area contributed by atoms with E-state index in [0.717, 1.165) is 16.8 Å². The van der Waals surface area contributed by atoms with Crippen molar-refractivity contribution in [2.24, 2.45) is 0 Å². The Labute approximate surface area is 160 Å². The van der Waals surface area contributed by atoms with Crippen LogP contribution >= 0.6 is 11.3 Å². The lowest BCUT2D eigenvalue weighted by atomic mass is 10.1. The Balaban J connectivity index is 1.85. The molecule has 4 rings (SSSR count). The van der Waals surface area contributed by atoms with E-state index < -0.39 is 0 Å². The van der Waals surface area contributed by atoms with Crippen molar-refractivity contribution in [2.75, 3.05) is 7.11 Å². The van der Waals surface area contributed by atoms with Crippen molar-refractivity contribution in [3.63, 3.8) is 0 Å². The number of methoxy groups -OCH3 is 1. The number of ether oxygens (including phenoxy) is 1. The van der Waals surface area contributed by atoms with E-state index in [2.05, 4.69) is 9.97 Å². The number of aryl methyl sites for hydroxylation is 1. The first-order valence-corrected chi connectivity index (χ1v) is 9.29. The molecule has 0 aliphatic rings. The summed E-state index contributed by atoms with van der Waals surface area (Å²) in [6.45, 7) is 2.03. The summed E-state index contributed by atoms with van der Waals surface area (Å²) in [5.74, 6) is 0.222. The van der Waals surface area contributed by atoms with E-state index in [9.17, 15) is 4.79 Å². The zero-order chi connectivity index (χ0) is 18.8. The Morgan fingerprint density at radius 3 is 2.67 bits per heavy atom. The Hall–Kier alpha value is -3.25. The molecule has 0 bridgehead atoms. The molecule has 0 fully saturated rings. The Morgan fingerprint density at radius 2 is 1.96 bits per heavy atom. The average molecular weight is 375 g/mol. The number of fused-ring (bicyclic) bond motifs is 1. The number of hydrogen-bond acceptors (Lipinski definition) is 5. The third-order valence-corrected chi connectivity index (χ3v) is 5.05. The normalized spacial score (nSPS) is 11.3. The molecule has 5 nitrogen and oxygen atoms in total. The standard InChI is InChI=1S/C21H17N3O2S/c1-14-5-8-16(9-6-14)18-13-27-21-23-17(19(26-2)20(25)24(18)21)10-7-15-4-3-11-22-12-15/h3-13H,1-2H3. The summed E-state index contributed by atoms with van der Waals surface area (Å²) < 4.78 is 7.00. The van der Waals surface area contributed by atoms with Gasteiger partial charge < -0.3 is 4.74 Å². The van der Waals surface area contributed by atoms with Crippen LogP contribution in [0.2, 0.25) is 0 Å². The fraction of sp³-hybridized carbons (Fsp3) is 0.0952. The lowest BCUT2D eigenvalue weighted by Gasteiger charge is -2.07. The lowest BCUT2D eigenvalue weighted by Crippen LogP contribution is -2.18. The maximum Gasteiger partial charge on any atom is 0.302 e. The minimum Gasteiger partial charge on any atom is -0.490 e. The van der Waals surface area contributed by atoms with Gasteiger partial charge in [0.2, 0.25) is 5.75 Å². The van der Waals surface area contributed by atoms with Crippen LogP contribution in [0, 0.1) is 6.92 Å². The highest BCUT2D eigenvalue weighted by atomic mass is 32.1. The molecule has 0 amide bonds. The quantitative estimate of drug-likeness (QED) is 0.533. The Kier molecular flexibility index (Phi) is 4.56. The predicted octanol–water partition coefficient (Wildman–Crippen LogP) is 4.31. The number of rotatable bonds is 4. The minimum atomic E-state index is -0.217. The number of nitrogens with zero attached hydrogens (tertiary/aromatic N) is 3. The molecule has 3 heterocycles. The number of pyridine rings is 1. The topological polar surface area (TPSA) is 56.5 Å². The van der Waals surface area contributed by atoms with Gasteiger partial charge in [-0.3, -0.25) is 9.78 Å². The van der Waals surface area contributed by atoms with Gasteiger partial charge in [0.05, 0.1) is 12.8 Å². The van der Waals surface area contributed by atoms with Crippen LogP contribution in [-0.4, -0.2) is 21.5 Å². The van der Waals surface area contributed by atoms with Crippen LogP contribution < -0.4 is 10.3 Å². The van der Waals surface area contributed by atoms with Crippen molar-refractivity contribution in [1.29, 1.82) is 0 Å². The summed E-state index contributed by atoms with van der Waals surface area (Å²) in [6.07, 6.45) is 7.10. The molecule has 0 atom stereocenters. The Morgan fingerprint density at radius 1 is 1.15 bits per heavy atom. The van der Waals surface area contributed by atoms with Crippen LogP contribution in [0.1, 0.15) is 16.8 Å². The van der Waals surface area contributed by atoms with Gasteiger partial charge in [0.1, 0.15) is 5.69 Å². The van der Waals surface area contributed by atoms with Crippen LogP contribution in [0.4, 0.5) is 0 Å². The van der Waals surface area contributed by atoms with Gasteiger partial charge in [-0.1, -0.05) is 42.0 Å². The Bertz CT molecular complexity index is 1180. The van der Waals surface area contributed by atoms with Crippen LogP contribution in [0.15, 0.2) is 59.0 Å². The van der Waals surface area contributed by atoms with Crippen molar-refractivity contribution in [2.45, 2.75) is 6.92 Å². The third-order valence-electron chi connectivity index (χ3n) is 4.22. The maximum atomic E-state index is 13.1. The van der Waals surface area contributed by atoms with Crippen LogP contribution in [0.5, 0.6) is 5.75 Å². The van der Waals surface area contributed by atoms with E-state index in [4.69, 9.17) is 4.74 Å². The molecule has 1 aromatic carbocycles. The van der Waals surface area contributed by atoms with Crippen molar-refractivity contribution in [1.82, 2.24) is 14.4 Å². The fourth-order valence-electron chi connectivity index (χ4n) is 2.83. The molecule has 6 heteroatoms. The van der Waals surface area contributed by atoms with E-state index in [1.807, 2.05) is 54.8 Å². The number of aromatic nitrogens is 3. The third kappa shape index (κ3) is 3.27. The van der Waals surface area contributed by atoms with E-state index in [0.29, 0.717) is 10.7 Å². The van der Waals surface area contributed by atoms with Gasteiger partial charge in [-0.15, -0.1) is 11.3 Å². The molecule has 0 spiro atoms. The van der Waals surface area contributed by atoms with Gasteiger partial charge in [0.25, 0.3) is 0 Å². The first-order chi connectivity index (χ1) is 13.2. The molecule has 0 unspecified atom stereocenters. The molecule has 3 aromatic heterocycles. The van der Waals surface area contributed by atoms with Crippen molar-refractivity contribution < 1.29 is 4.74 Å². The van der Waals surface area contributed by atoms with Crippen molar-refractivity contribution in [3.05, 3.63) is 81.3 Å². The maximum absolute atomic E-state index is 13.1. The van der Waals surface area contributed by atoms with E-state index in [-0.39, 0.29) is 11.3 Å². The zero-order valence-electron chi connectivity index (χ0n) is 14.9. The van der Waals surface area contributed by atoms with Gasteiger partial charge in [0.15, 0.2) is 4.96 Å². The summed E-state index contributed by atoms with van der Waals surface area (Å²) in [4.78, 5) is 22.4. The van der Waals surface area contributed by atoms with Crippen molar-refractivity contribution >= 4 is 28.4 Å². The molecule has 0 aliphatic carbocycles. The highest BCUT2D eigenvalue weighted by Gasteiger charge is 2.16. The second-order valence-electron chi connectivity index (χ2n) is 6.06. The molecule has 0 aliphatic heterocycles. The molecule has 4 aromatic rings. The summed E-state index contributed by atoms with van der Waals surface area (Å²) >= 11 is 1.43. The largest absolute Gasteiger partial charge is 0.490 e. The molecule has 0 saturated carbocycles. The van der Waals surface area contributed by atoms with E-state index >= 15 is 0 Å². The summed E-state index contributed by atoms with van der Waals surface area (Å²) in [5.41, 5.74) is 4.16. The highest BCUT2D eigenvalue weighted by Crippen LogP contribution is 2.26. The molecule has 134 valence electrons. The first-order valence-electron chi connectivity index (χ1n) is 8.41. The van der Waals surface area contributed by atoms with Gasteiger partial charge in [-0.05, 0) is 30.2 Å². The van der Waals surface area contributed by atoms with Gasteiger partial charge in [-0.25, -0.2) is 9.38 Å². The number of benzene rings is 1. The van der Waals surface area contributed by atoms with E-state index in [1.54, 1.807) is 22.9 Å². The average Bonchev–Trinajstić information content (AvgIpc) is 3.12. The van der Waals surface area contributed by atoms with E-state index in [1.165, 1.54) is 24.0 Å². The number of hydrogen-bond donors (Lipinski definition) is 0. The van der Waals surface area contributed by atoms with Gasteiger partial charge in [-0.2, -0.15) is 0 Å². The second kappa shape index (κ2) is 7.17. The molecule has 0 radical (unpaired) electrons. The molecular formula is C21H17N3O2S. The molecular weight excluding hydrogens is 358 g/mol. The summed E-state index contributed by atoms with van der Waals surface area (Å²) in [5, 5.41) is 1.95. The first kappa shape index (κ1) is 17.2. The predicted molar refractivity (Wildman–Crippen MR) is 109 cm³/mol. The zero-order valence-corrected chi connectivity index (χ0v) is 15.7. The van der Waals surface area contributed by atoms with Gasteiger partial charge >= 0.3 is 5.56 Å². The highest BCUT2D eigenvalue weighted by molar-refractivity contribution is 7.15. The SMILES string of the molecule is COc1c(C=Cc2cccnc2)nc2scc(-c3ccc(C)cc3)n2c1=O. The van der Waals surface area contributed by atoms with Gasteiger partial charge in [0, 0.05) is 17.8 Å². The summed E-state index contributed by atoms with van der Waals surface area (Å²) in [7, 11) is 1.49. The smallest absolute Gasteiger partial charge is 0.302 e. The lowest BCUT2D eigenvalue weighted by molar-refractivity contribution is 0.404. The minimum absolute atomic E-state index is 0.217. The monoisotopic (exact) mass is 375 g/mol. The summed E-state index contributed by atoms with van der Waals surface area (Å²) in [6, 6.07) is 11.9. The fourth-order valence-corrected chi connectivity index (χ4v) is 3.73. The second-order valence-corrected chi connectivity index (χ2v) is 6.90. The molecule has 0 saturated heterocycles.